The number of aromatic nitrogens is 1. The molecule has 1 heterocycles. The minimum atomic E-state index is -4.51. The smallest absolute Gasteiger partial charge is 0.425 e. The van der Waals surface area contributed by atoms with Crippen molar-refractivity contribution in [2.45, 2.75) is 32.7 Å². The van der Waals surface area contributed by atoms with Gasteiger partial charge in [-0.05, 0) is 26.0 Å². The van der Waals surface area contributed by atoms with E-state index in [1.165, 1.54) is 23.9 Å². The number of methoxy groups -OCH3 is 1. The zero-order valence-corrected chi connectivity index (χ0v) is 16.1. The van der Waals surface area contributed by atoms with E-state index in [2.05, 4.69) is 4.74 Å². The van der Waals surface area contributed by atoms with Crippen LogP contribution in [0.2, 0.25) is 0 Å². The highest BCUT2D eigenvalue weighted by atomic mass is 79.9. The zero-order chi connectivity index (χ0) is 18.6. The van der Waals surface area contributed by atoms with Crippen LogP contribution in [-0.2, 0) is 17.5 Å². The Kier molecular flexibility index (Phi) is 7.62. The summed E-state index contributed by atoms with van der Waals surface area (Å²) < 4.78 is 51.0. The van der Waals surface area contributed by atoms with Crippen LogP contribution in [0.1, 0.15) is 35.3 Å². The highest BCUT2D eigenvalue weighted by Gasteiger charge is 2.37. The van der Waals surface area contributed by atoms with E-state index < -0.39 is 17.7 Å². The third-order valence-corrected chi connectivity index (χ3v) is 3.39. The van der Waals surface area contributed by atoms with Crippen molar-refractivity contribution in [1.29, 1.82) is 0 Å². The third-order valence-electron chi connectivity index (χ3n) is 3.39. The molecule has 2 aromatic rings. The molecule has 0 saturated heterocycles. The van der Waals surface area contributed by atoms with Gasteiger partial charge in [0.15, 0.2) is 24.5 Å². The molecule has 0 fully saturated rings. The van der Waals surface area contributed by atoms with Gasteiger partial charge in [0.25, 0.3) is 0 Å². The molecule has 142 valence electrons. The Labute approximate surface area is 160 Å². The number of rotatable bonds is 5. The number of carbonyl (C=O) groups excluding carboxylic acids is 1. The molecular weight excluding hydrogens is 415 g/mol. The molecule has 0 aliphatic heterocycles. The maximum Gasteiger partial charge on any atom is 0.425 e. The maximum atomic E-state index is 13.3. The second kappa shape index (κ2) is 9.02. The van der Waals surface area contributed by atoms with Gasteiger partial charge in [-0.1, -0.05) is 12.1 Å². The van der Waals surface area contributed by atoms with E-state index in [0.717, 1.165) is 11.8 Å². The minimum absolute atomic E-state index is 0. The maximum absolute atomic E-state index is 13.3. The fourth-order valence-electron chi connectivity index (χ4n) is 2.27. The average Bonchev–Trinajstić information content (AvgIpc) is 2.55. The Hall–Kier alpha value is -2.09. The molecule has 0 aliphatic carbocycles. The summed E-state index contributed by atoms with van der Waals surface area (Å²) in [7, 11) is 1.28. The van der Waals surface area contributed by atoms with Crippen molar-refractivity contribution >= 4 is 5.97 Å². The number of pyridine rings is 1. The molecule has 0 aliphatic rings. The summed E-state index contributed by atoms with van der Waals surface area (Å²) >= 11 is 0. The number of ether oxygens (including phenoxy) is 2. The second-order valence-electron chi connectivity index (χ2n) is 5.75. The summed E-state index contributed by atoms with van der Waals surface area (Å²) in [5.41, 5.74) is 0.311. The lowest BCUT2D eigenvalue weighted by Gasteiger charge is -2.15. The van der Waals surface area contributed by atoms with E-state index >= 15 is 0 Å². The predicted molar refractivity (Wildman–Crippen MR) is 84.3 cm³/mol. The number of alkyl halides is 3. The van der Waals surface area contributed by atoms with Gasteiger partial charge >= 0.3 is 12.1 Å². The van der Waals surface area contributed by atoms with Gasteiger partial charge in [0.1, 0.15) is 5.75 Å². The van der Waals surface area contributed by atoms with Gasteiger partial charge in [0.2, 0.25) is 0 Å². The van der Waals surface area contributed by atoms with Gasteiger partial charge in [0, 0.05) is 11.6 Å². The number of esters is 1. The molecule has 2 rings (SSSR count). The molecule has 4 nitrogen and oxygen atoms in total. The summed E-state index contributed by atoms with van der Waals surface area (Å²) in [6, 6.07) is 7.80. The van der Waals surface area contributed by atoms with Gasteiger partial charge in [0.05, 0.1) is 18.8 Å². The molecule has 0 bridgehead atoms. The van der Waals surface area contributed by atoms with Gasteiger partial charge in [-0.2, -0.15) is 17.7 Å². The van der Waals surface area contributed by atoms with E-state index in [-0.39, 0.29) is 35.4 Å². The highest BCUT2D eigenvalue weighted by Crippen LogP contribution is 2.35. The first-order chi connectivity index (χ1) is 11.7. The van der Waals surface area contributed by atoms with Crippen LogP contribution in [-0.4, -0.2) is 19.2 Å². The number of halogens is 4. The van der Waals surface area contributed by atoms with Crippen LogP contribution < -0.4 is 26.3 Å². The SMILES string of the molecule is COC(=O)c1ccc(C[n+]2ccc(OC(C)C)c(C(F)(F)F)c2)cc1.[Br-]. The summed E-state index contributed by atoms with van der Waals surface area (Å²) in [5.74, 6) is -0.659. The Bertz CT molecular complexity index is 746. The van der Waals surface area contributed by atoms with Crippen LogP contribution in [0.25, 0.3) is 0 Å². The topological polar surface area (TPSA) is 39.4 Å². The first kappa shape index (κ1) is 22.0. The van der Waals surface area contributed by atoms with Crippen molar-refractivity contribution in [2.24, 2.45) is 0 Å². The van der Waals surface area contributed by atoms with Crippen LogP contribution in [0.15, 0.2) is 42.7 Å². The Morgan fingerprint density at radius 3 is 2.27 bits per heavy atom. The number of benzene rings is 1. The molecule has 0 saturated carbocycles. The first-order valence-electron chi connectivity index (χ1n) is 7.65. The lowest BCUT2D eigenvalue weighted by molar-refractivity contribution is -0.689. The van der Waals surface area contributed by atoms with Crippen molar-refractivity contribution < 1.29 is 49.0 Å². The largest absolute Gasteiger partial charge is 1.00 e. The number of hydrogen-bond acceptors (Lipinski definition) is 3. The molecule has 0 radical (unpaired) electrons. The highest BCUT2D eigenvalue weighted by molar-refractivity contribution is 5.89. The summed E-state index contributed by atoms with van der Waals surface area (Å²) in [6.07, 6.45) is -2.32. The predicted octanol–water partition coefficient (Wildman–Crippen LogP) is 0.619. The molecule has 8 heteroatoms. The van der Waals surface area contributed by atoms with Crippen LogP contribution in [0.5, 0.6) is 5.75 Å². The normalized spacial score (nSPS) is 11.0. The van der Waals surface area contributed by atoms with Crippen molar-refractivity contribution in [3.05, 3.63) is 59.4 Å². The molecule has 0 spiro atoms. The van der Waals surface area contributed by atoms with E-state index in [4.69, 9.17) is 4.74 Å². The van der Waals surface area contributed by atoms with Crippen molar-refractivity contribution in [2.75, 3.05) is 7.11 Å². The van der Waals surface area contributed by atoms with E-state index in [1.54, 1.807) is 38.1 Å². The third kappa shape index (κ3) is 5.72. The monoisotopic (exact) mass is 433 g/mol. The van der Waals surface area contributed by atoms with Crippen molar-refractivity contribution in [1.82, 2.24) is 0 Å². The average molecular weight is 434 g/mol. The van der Waals surface area contributed by atoms with Crippen LogP contribution in [0.3, 0.4) is 0 Å². The molecule has 0 N–H and O–H groups in total. The Balaban J connectivity index is 0.00000338. The van der Waals surface area contributed by atoms with E-state index in [9.17, 15) is 18.0 Å². The molecule has 0 unspecified atom stereocenters. The molecule has 1 aromatic carbocycles. The van der Waals surface area contributed by atoms with E-state index in [1.807, 2.05) is 0 Å². The molecule has 1 aromatic heterocycles. The van der Waals surface area contributed by atoms with Crippen molar-refractivity contribution in [3.63, 3.8) is 0 Å². The fraction of sp³-hybridized carbons (Fsp3) is 0.333. The lowest BCUT2D eigenvalue weighted by Crippen LogP contribution is -3.00. The zero-order valence-electron chi connectivity index (χ0n) is 14.5. The van der Waals surface area contributed by atoms with E-state index in [0.29, 0.717) is 5.56 Å². The number of nitrogens with zero attached hydrogens (tertiary/aromatic N) is 1. The molecular formula is C18H19BrF3NO3. The van der Waals surface area contributed by atoms with Crippen molar-refractivity contribution in [3.8, 4) is 5.75 Å². The lowest BCUT2D eigenvalue weighted by atomic mass is 10.1. The molecule has 0 atom stereocenters. The number of carbonyl (C=O) groups is 1. The fourth-order valence-corrected chi connectivity index (χ4v) is 2.27. The summed E-state index contributed by atoms with van der Waals surface area (Å²) in [6.45, 7) is 3.57. The molecule has 0 amide bonds. The van der Waals surface area contributed by atoms with Gasteiger partial charge in [-0.15, -0.1) is 0 Å². The Morgan fingerprint density at radius 1 is 1.15 bits per heavy atom. The van der Waals surface area contributed by atoms with Crippen LogP contribution in [0.4, 0.5) is 13.2 Å². The Morgan fingerprint density at radius 2 is 1.77 bits per heavy atom. The van der Waals surface area contributed by atoms with Gasteiger partial charge in [-0.25, -0.2) is 4.79 Å². The number of hydrogen-bond donors (Lipinski definition) is 0. The second-order valence-corrected chi connectivity index (χ2v) is 5.75. The first-order valence-corrected chi connectivity index (χ1v) is 7.65. The summed E-state index contributed by atoms with van der Waals surface area (Å²) in [4.78, 5) is 11.4. The van der Waals surface area contributed by atoms with Gasteiger partial charge < -0.3 is 26.5 Å². The standard InChI is InChI=1S/C18H19F3NO3.BrH/c1-12(2)25-16-8-9-22(11-15(16)18(19,20)21)10-13-4-6-14(7-5-13)17(23)24-3;/h4-9,11-12H,10H2,1-3H3;1H/q+1;/p-1. The van der Waals surface area contributed by atoms with Gasteiger partial charge in [-0.3, -0.25) is 0 Å². The van der Waals surface area contributed by atoms with Crippen LogP contribution >= 0.6 is 0 Å². The molecule has 26 heavy (non-hydrogen) atoms. The minimum Gasteiger partial charge on any atom is -1.00 e. The quantitative estimate of drug-likeness (QED) is 0.512. The summed E-state index contributed by atoms with van der Waals surface area (Å²) in [5, 5.41) is 0. The van der Waals surface area contributed by atoms with Crippen LogP contribution in [0, 0.1) is 0 Å².